The average molecular weight is 396 g/mol. The number of fused-ring (bicyclic) bond motifs is 1. The largest absolute Gasteiger partial charge is 0.340 e. The Morgan fingerprint density at radius 1 is 0.893 bits per heavy atom. The van der Waals surface area contributed by atoms with Crippen LogP contribution < -0.4 is 5.32 Å². The van der Waals surface area contributed by atoms with Crippen LogP contribution in [0, 0.1) is 13.8 Å². The van der Waals surface area contributed by atoms with Crippen LogP contribution in [0.3, 0.4) is 0 Å². The molecule has 0 amide bonds. The van der Waals surface area contributed by atoms with Crippen molar-refractivity contribution >= 4 is 32.4 Å². The topological polar surface area (TPSA) is 62.3 Å². The number of pyridine rings is 1. The second-order valence-electron chi connectivity index (χ2n) is 7.44. The molecular formula is C22H25N3O2S. The number of benzene rings is 2. The number of hydrogen-bond acceptors (Lipinski definition) is 4. The van der Waals surface area contributed by atoms with Crippen LogP contribution in [0.15, 0.2) is 53.4 Å². The summed E-state index contributed by atoms with van der Waals surface area (Å²) in [7, 11) is -3.43. The zero-order valence-corrected chi connectivity index (χ0v) is 17.1. The van der Waals surface area contributed by atoms with Gasteiger partial charge in [0.1, 0.15) is 5.82 Å². The van der Waals surface area contributed by atoms with E-state index in [1.54, 1.807) is 22.5 Å². The van der Waals surface area contributed by atoms with Crippen molar-refractivity contribution in [3.05, 3.63) is 59.7 Å². The molecule has 2 aromatic carbocycles. The van der Waals surface area contributed by atoms with Crippen molar-refractivity contribution in [2.75, 3.05) is 18.4 Å². The number of aromatic nitrogens is 1. The highest BCUT2D eigenvalue weighted by atomic mass is 32.2. The first-order valence-electron chi connectivity index (χ1n) is 9.69. The zero-order chi connectivity index (χ0) is 19.7. The van der Waals surface area contributed by atoms with E-state index < -0.39 is 10.0 Å². The Kier molecular flexibility index (Phi) is 5.08. The lowest BCUT2D eigenvalue weighted by atomic mass is 10.1. The standard InChI is InChI=1S/C22H25N3O2S/c1-16-6-8-19(14-17(16)2)23-22-11-7-18-15-20(9-10-21(18)24-22)28(26,27)25-12-4-3-5-13-25/h6-11,14-15H,3-5,12-13H2,1-2H3,(H,23,24). The molecule has 0 bridgehead atoms. The molecule has 5 nitrogen and oxygen atoms in total. The number of rotatable bonds is 4. The van der Waals surface area contributed by atoms with Gasteiger partial charge in [-0.2, -0.15) is 4.31 Å². The minimum Gasteiger partial charge on any atom is -0.340 e. The first-order valence-corrected chi connectivity index (χ1v) is 11.1. The predicted octanol–water partition coefficient (Wildman–Crippen LogP) is 4.77. The molecule has 1 aliphatic rings. The first-order chi connectivity index (χ1) is 13.4. The zero-order valence-electron chi connectivity index (χ0n) is 16.3. The average Bonchev–Trinajstić information content (AvgIpc) is 2.71. The maximum Gasteiger partial charge on any atom is 0.243 e. The summed E-state index contributed by atoms with van der Waals surface area (Å²) < 4.78 is 27.4. The van der Waals surface area contributed by atoms with Crippen LogP contribution >= 0.6 is 0 Å². The molecule has 1 N–H and O–H groups in total. The predicted molar refractivity (Wildman–Crippen MR) is 114 cm³/mol. The molecule has 6 heteroatoms. The number of nitrogens with zero attached hydrogens (tertiary/aromatic N) is 2. The molecular weight excluding hydrogens is 370 g/mol. The Labute approximate surface area is 166 Å². The van der Waals surface area contributed by atoms with Gasteiger partial charge in [-0.3, -0.25) is 0 Å². The number of sulfonamides is 1. The molecule has 3 aromatic rings. The second-order valence-corrected chi connectivity index (χ2v) is 9.38. The maximum absolute atomic E-state index is 12.9. The summed E-state index contributed by atoms with van der Waals surface area (Å²) in [6.45, 7) is 5.39. The summed E-state index contributed by atoms with van der Waals surface area (Å²) in [6, 6.07) is 15.2. The van der Waals surface area contributed by atoms with Gasteiger partial charge in [0.05, 0.1) is 10.4 Å². The molecule has 1 fully saturated rings. The molecule has 0 saturated carbocycles. The van der Waals surface area contributed by atoms with Gasteiger partial charge in [-0.1, -0.05) is 12.5 Å². The number of hydrogen-bond donors (Lipinski definition) is 1. The third-order valence-electron chi connectivity index (χ3n) is 5.39. The van der Waals surface area contributed by atoms with Crippen LogP contribution in [-0.2, 0) is 10.0 Å². The van der Waals surface area contributed by atoms with Crippen LogP contribution in [-0.4, -0.2) is 30.8 Å². The van der Waals surface area contributed by atoms with Crippen molar-refractivity contribution in [2.24, 2.45) is 0 Å². The minimum atomic E-state index is -3.43. The van der Waals surface area contributed by atoms with Crippen molar-refractivity contribution in [3.63, 3.8) is 0 Å². The summed E-state index contributed by atoms with van der Waals surface area (Å²) in [4.78, 5) is 4.98. The Balaban J connectivity index is 1.61. The van der Waals surface area contributed by atoms with Crippen molar-refractivity contribution < 1.29 is 8.42 Å². The van der Waals surface area contributed by atoms with E-state index in [4.69, 9.17) is 0 Å². The van der Waals surface area contributed by atoms with E-state index in [2.05, 4.69) is 36.3 Å². The van der Waals surface area contributed by atoms with Gasteiger partial charge in [-0.05, 0) is 80.3 Å². The molecule has 1 aliphatic heterocycles. The highest BCUT2D eigenvalue weighted by Gasteiger charge is 2.26. The van der Waals surface area contributed by atoms with Crippen LogP contribution in [0.1, 0.15) is 30.4 Å². The Bertz CT molecular complexity index is 1120. The first kappa shape index (κ1) is 18.9. The lowest BCUT2D eigenvalue weighted by Gasteiger charge is -2.25. The van der Waals surface area contributed by atoms with Crippen molar-refractivity contribution in [2.45, 2.75) is 38.0 Å². The number of piperidine rings is 1. The van der Waals surface area contributed by atoms with Gasteiger partial charge in [0, 0.05) is 24.2 Å². The highest BCUT2D eigenvalue weighted by Crippen LogP contribution is 2.25. The monoisotopic (exact) mass is 395 g/mol. The lowest BCUT2D eigenvalue weighted by Crippen LogP contribution is -2.35. The molecule has 28 heavy (non-hydrogen) atoms. The quantitative estimate of drug-likeness (QED) is 0.691. The fourth-order valence-electron chi connectivity index (χ4n) is 3.56. The van der Waals surface area contributed by atoms with E-state index in [9.17, 15) is 8.42 Å². The van der Waals surface area contributed by atoms with Gasteiger partial charge in [-0.15, -0.1) is 0 Å². The summed E-state index contributed by atoms with van der Waals surface area (Å²) >= 11 is 0. The van der Waals surface area contributed by atoms with Gasteiger partial charge in [0.15, 0.2) is 0 Å². The van der Waals surface area contributed by atoms with E-state index in [0.29, 0.717) is 18.0 Å². The second kappa shape index (κ2) is 7.53. The van der Waals surface area contributed by atoms with Crippen LogP contribution in [0.25, 0.3) is 10.9 Å². The molecule has 0 radical (unpaired) electrons. The number of aryl methyl sites for hydroxylation is 2. The number of nitrogens with one attached hydrogen (secondary N) is 1. The fourth-order valence-corrected chi connectivity index (χ4v) is 5.11. The van der Waals surface area contributed by atoms with Gasteiger partial charge in [0.2, 0.25) is 10.0 Å². The summed E-state index contributed by atoms with van der Waals surface area (Å²) in [5.74, 6) is 0.738. The summed E-state index contributed by atoms with van der Waals surface area (Å²) in [5, 5.41) is 4.15. The SMILES string of the molecule is Cc1ccc(Nc2ccc3cc(S(=O)(=O)N4CCCCC4)ccc3n2)cc1C. The highest BCUT2D eigenvalue weighted by molar-refractivity contribution is 7.89. The van der Waals surface area contributed by atoms with E-state index in [-0.39, 0.29) is 0 Å². The third kappa shape index (κ3) is 3.75. The molecule has 0 unspecified atom stereocenters. The normalized spacial score (nSPS) is 15.6. The summed E-state index contributed by atoms with van der Waals surface area (Å²) in [5.41, 5.74) is 4.23. The Morgan fingerprint density at radius 2 is 1.68 bits per heavy atom. The minimum absolute atomic E-state index is 0.346. The molecule has 2 heterocycles. The molecule has 146 valence electrons. The molecule has 4 rings (SSSR count). The summed E-state index contributed by atoms with van der Waals surface area (Å²) in [6.07, 6.45) is 2.97. The molecule has 0 spiro atoms. The van der Waals surface area contributed by atoms with Crippen LogP contribution in [0.5, 0.6) is 0 Å². The molecule has 1 saturated heterocycles. The smallest absolute Gasteiger partial charge is 0.243 e. The van der Waals surface area contributed by atoms with Crippen LogP contribution in [0.2, 0.25) is 0 Å². The van der Waals surface area contributed by atoms with Crippen molar-refractivity contribution in [1.82, 2.24) is 9.29 Å². The molecule has 0 atom stereocenters. The lowest BCUT2D eigenvalue weighted by molar-refractivity contribution is 0.346. The van der Waals surface area contributed by atoms with E-state index in [1.807, 2.05) is 18.2 Å². The van der Waals surface area contributed by atoms with Crippen molar-refractivity contribution in [3.8, 4) is 0 Å². The van der Waals surface area contributed by atoms with E-state index in [1.165, 1.54) is 11.1 Å². The van der Waals surface area contributed by atoms with E-state index in [0.717, 1.165) is 41.7 Å². The van der Waals surface area contributed by atoms with Gasteiger partial charge in [-0.25, -0.2) is 13.4 Å². The van der Waals surface area contributed by atoms with E-state index >= 15 is 0 Å². The Hall–Kier alpha value is -2.44. The fraction of sp³-hybridized carbons (Fsp3) is 0.318. The maximum atomic E-state index is 12.9. The van der Waals surface area contributed by atoms with Crippen molar-refractivity contribution in [1.29, 1.82) is 0 Å². The van der Waals surface area contributed by atoms with Crippen LogP contribution in [0.4, 0.5) is 11.5 Å². The molecule has 1 aromatic heterocycles. The number of anilines is 2. The van der Waals surface area contributed by atoms with Gasteiger partial charge < -0.3 is 5.32 Å². The third-order valence-corrected chi connectivity index (χ3v) is 7.29. The molecule has 0 aliphatic carbocycles. The Morgan fingerprint density at radius 3 is 2.43 bits per heavy atom. The van der Waals surface area contributed by atoms with Gasteiger partial charge in [0.25, 0.3) is 0 Å². The van der Waals surface area contributed by atoms with Gasteiger partial charge >= 0.3 is 0 Å².